The highest BCUT2D eigenvalue weighted by atomic mass is 32.1. The van der Waals surface area contributed by atoms with Crippen molar-refractivity contribution >= 4 is 44.0 Å². The summed E-state index contributed by atoms with van der Waals surface area (Å²) < 4.78 is 0. The van der Waals surface area contributed by atoms with Gasteiger partial charge in [0, 0.05) is 27.8 Å². The average Bonchev–Trinajstić information content (AvgIpc) is 3.32. The first-order valence-electron chi connectivity index (χ1n) is 7.88. The van der Waals surface area contributed by atoms with E-state index in [1.807, 2.05) is 18.2 Å². The molecular formula is C18H14N6S. The standard InChI is InChI=1S/C18H14N6S/c1-10-6-11-2-3-12(8-16(11)20-10)17-23-24-18(25-17)21-14-4-5-15-13(7-14)9-19-22-15/h2-9,20H,1H3,(H,19,22)(H,21,24). The van der Waals surface area contributed by atoms with Crippen molar-refractivity contribution in [1.29, 1.82) is 0 Å². The first kappa shape index (κ1) is 14.2. The average molecular weight is 346 g/mol. The highest BCUT2D eigenvalue weighted by Gasteiger charge is 2.09. The maximum atomic E-state index is 4.32. The molecule has 5 rings (SSSR count). The lowest BCUT2D eigenvalue weighted by atomic mass is 10.2. The number of anilines is 2. The van der Waals surface area contributed by atoms with E-state index in [0.717, 1.165) is 43.5 Å². The molecule has 0 aliphatic rings. The molecule has 0 amide bonds. The second-order valence-corrected chi connectivity index (χ2v) is 6.94. The van der Waals surface area contributed by atoms with Gasteiger partial charge in [-0.2, -0.15) is 5.10 Å². The normalized spacial score (nSPS) is 11.4. The molecule has 0 unspecified atom stereocenters. The molecule has 5 aromatic rings. The fourth-order valence-electron chi connectivity index (χ4n) is 2.94. The van der Waals surface area contributed by atoms with Crippen molar-refractivity contribution in [2.45, 2.75) is 6.92 Å². The van der Waals surface area contributed by atoms with Crippen LogP contribution in [-0.2, 0) is 0 Å². The summed E-state index contributed by atoms with van der Waals surface area (Å²) in [6.45, 7) is 2.06. The molecule has 2 aromatic carbocycles. The summed E-state index contributed by atoms with van der Waals surface area (Å²) in [6, 6.07) is 14.5. The van der Waals surface area contributed by atoms with Crippen LogP contribution in [0.25, 0.3) is 32.4 Å². The molecular weight excluding hydrogens is 332 g/mol. The Morgan fingerprint density at radius 3 is 2.88 bits per heavy atom. The van der Waals surface area contributed by atoms with Crippen molar-refractivity contribution in [3.8, 4) is 10.6 Å². The van der Waals surface area contributed by atoms with E-state index in [1.54, 1.807) is 6.20 Å². The maximum Gasteiger partial charge on any atom is 0.210 e. The first-order valence-corrected chi connectivity index (χ1v) is 8.70. The molecule has 7 heteroatoms. The lowest BCUT2D eigenvalue weighted by Gasteiger charge is -2.01. The van der Waals surface area contributed by atoms with E-state index < -0.39 is 0 Å². The topological polar surface area (TPSA) is 82.3 Å². The van der Waals surface area contributed by atoms with Gasteiger partial charge in [-0.05, 0) is 42.6 Å². The van der Waals surface area contributed by atoms with E-state index in [4.69, 9.17) is 0 Å². The van der Waals surface area contributed by atoms with E-state index in [-0.39, 0.29) is 0 Å². The summed E-state index contributed by atoms with van der Waals surface area (Å²) in [6.07, 6.45) is 1.81. The molecule has 0 radical (unpaired) electrons. The van der Waals surface area contributed by atoms with Crippen molar-refractivity contribution in [3.05, 3.63) is 54.4 Å². The molecule has 3 N–H and O–H groups in total. The van der Waals surface area contributed by atoms with E-state index in [2.05, 4.69) is 61.9 Å². The van der Waals surface area contributed by atoms with Crippen LogP contribution in [0, 0.1) is 6.92 Å². The highest BCUT2D eigenvalue weighted by Crippen LogP contribution is 2.31. The number of hydrogen-bond acceptors (Lipinski definition) is 5. The predicted molar refractivity (Wildman–Crippen MR) is 101 cm³/mol. The number of nitrogens with zero attached hydrogens (tertiary/aromatic N) is 3. The summed E-state index contributed by atoms with van der Waals surface area (Å²) in [4.78, 5) is 3.36. The van der Waals surface area contributed by atoms with E-state index in [0.29, 0.717) is 0 Å². The van der Waals surface area contributed by atoms with Crippen LogP contribution >= 0.6 is 11.3 Å². The number of hydrogen-bond donors (Lipinski definition) is 3. The molecule has 0 bridgehead atoms. The van der Waals surface area contributed by atoms with Crippen LogP contribution in [0.1, 0.15) is 5.69 Å². The van der Waals surface area contributed by atoms with Crippen molar-refractivity contribution in [3.63, 3.8) is 0 Å². The molecule has 0 atom stereocenters. The van der Waals surface area contributed by atoms with E-state index in [9.17, 15) is 0 Å². The van der Waals surface area contributed by atoms with Crippen LogP contribution < -0.4 is 5.32 Å². The molecule has 0 saturated carbocycles. The number of fused-ring (bicyclic) bond motifs is 2. The van der Waals surface area contributed by atoms with Gasteiger partial charge in [0.1, 0.15) is 5.01 Å². The summed E-state index contributed by atoms with van der Waals surface area (Å²) in [5.74, 6) is 0. The van der Waals surface area contributed by atoms with Gasteiger partial charge in [0.05, 0.1) is 11.7 Å². The minimum absolute atomic E-state index is 0.764. The lowest BCUT2D eigenvalue weighted by Crippen LogP contribution is -1.88. The lowest BCUT2D eigenvalue weighted by molar-refractivity contribution is 1.10. The fraction of sp³-hybridized carbons (Fsp3) is 0.0556. The number of rotatable bonds is 3. The molecule has 6 nitrogen and oxygen atoms in total. The number of benzene rings is 2. The van der Waals surface area contributed by atoms with Gasteiger partial charge in [-0.3, -0.25) is 5.10 Å². The third kappa shape index (κ3) is 2.54. The Hall–Kier alpha value is -3.19. The largest absolute Gasteiger partial charge is 0.359 e. The molecule has 0 aliphatic carbocycles. The number of aryl methyl sites for hydroxylation is 1. The zero-order valence-electron chi connectivity index (χ0n) is 13.4. The predicted octanol–water partition coefficient (Wildman–Crippen LogP) is 4.61. The number of aromatic amines is 2. The quantitative estimate of drug-likeness (QED) is 0.445. The maximum absolute atomic E-state index is 4.32. The summed E-state index contributed by atoms with van der Waals surface area (Å²) in [7, 11) is 0. The highest BCUT2D eigenvalue weighted by molar-refractivity contribution is 7.18. The summed E-state index contributed by atoms with van der Waals surface area (Å²) in [5, 5.41) is 22.8. The van der Waals surface area contributed by atoms with Crippen molar-refractivity contribution < 1.29 is 0 Å². The van der Waals surface area contributed by atoms with Crippen LogP contribution in [0.2, 0.25) is 0 Å². The van der Waals surface area contributed by atoms with Crippen LogP contribution in [0.3, 0.4) is 0 Å². The second kappa shape index (κ2) is 5.42. The third-order valence-corrected chi connectivity index (χ3v) is 5.01. The molecule has 0 fully saturated rings. The number of aromatic nitrogens is 5. The first-order chi connectivity index (χ1) is 12.2. The second-order valence-electron chi connectivity index (χ2n) is 5.96. The third-order valence-electron chi connectivity index (χ3n) is 4.12. The number of nitrogens with one attached hydrogen (secondary N) is 3. The molecule has 122 valence electrons. The van der Waals surface area contributed by atoms with Gasteiger partial charge in [-0.25, -0.2) is 0 Å². The van der Waals surface area contributed by atoms with Gasteiger partial charge in [0.25, 0.3) is 0 Å². The van der Waals surface area contributed by atoms with E-state index >= 15 is 0 Å². The number of H-pyrrole nitrogens is 2. The Morgan fingerprint density at radius 1 is 0.960 bits per heavy atom. The summed E-state index contributed by atoms with van der Waals surface area (Å²) in [5.41, 5.74) is 5.31. The summed E-state index contributed by atoms with van der Waals surface area (Å²) >= 11 is 1.53. The zero-order valence-corrected chi connectivity index (χ0v) is 14.2. The molecule has 3 heterocycles. The molecule has 25 heavy (non-hydrogen) atoms. The van der Waals surface area contributed by atoms with Crippen LogP contribution in [0.15, 0.2) is 48.7 Å². The molecule has 3 aromatic heterocycles. The molecule has 0 spiro atoms. The molecule has 0 saturated heterocycles. The van der Waals surface area contributed by atoms with Crippen LogP contribution in [0.5, 0.6) is 0 Å². The van der Waals surface area contributed by atoms with Gasteiger partial charge in [-0.1, -0.05) is 23.5 Å². The van der Waals surface area contributed by atoms with Gasteiger partial charge >= 0.3 is 0 Å². The Kier molecular flexibility index (Phi) is 3.07. The smallest absolute Gasteiger partial charge is 0.210 e. The monoisotopic (exact) mass is 346 g/mol. The Labute approximate surface area is 146 Å². The molecule has 0 aliphatic heterocycles. The van der Waals surface area contributed by atoms with Gasteiger partial charge in [-0.15, -0.1) is 10.2 Å². The van der Waals surface area contributed by atoms with E-state index in [1.165, 1.54) is 16.7 Å². The fourth-order valence-corrected chi connectivity index (χ4v) is 3.70. The van der Waals surface area contributed by atoms with Crippen LogP contribution in [-0.4, -0.2) is 25.4 Å². The minimum atomic E-state index is 0.764. The van der Waals surface area contributed by atoms with Gasteiger partial charge in [0.2, 0.25) is 5.13 Å². The SMILES string of the molecule is Cc1cc2ccc(-c3nnc(Nc4ccc5[nH]ncc5c4)s3)cc2[nH]1. The Morgan fingerprint density at radius 2 is 1.92 bits per heavy atom. The van der Waals surface area contributed by atoms with Crippen molar-refractivity contribution in [2.24, 2.45) is 0 Å². The zero-order chi connectivity index (χ0) is 16.8. The van der Waals surface area contributed by atoms with Crippen LogP contribution in [0.4, 0.5) is 10.8 Å². The van der Waals surface area contributed by atoms with Crippen molar-refractivity contribution in [1.82, 2.24) is 25.4 Å². The Balaban J connectivity index is 1.45. The van der Waals surface area contributed by atoms with Crippen molar-refractivity contribution in [2.75, 3.05) is 5.32 Å². The Bertz CT molecular complexity index is 1200. The minimum Gasteiger partial charge on any atom is -0.359 e. The van der Waals surface area contributed by atoms with Gasteiger partial charge < -0.3 is 10.3 Å². The van der Waals surface area contributed by atoms with Gasteiger partial charge in [0.15, 0.2) is 0 Å².